The zero-order valence-corrected chi connectivity index (χ0v) is 10.3. The highest BCUT2D eigenvalue weighted by Gasteiger charge is 2.13. The third kappa shape index (κ3) is 2.35. The molecule has 0 radical (unpaired) electrons. The van der Waals surface area contributed by atoms with Crippen molar-refractivity contribution in [2.45, 2.75) is 6.92 Å². The van der Waals surface area contributed by atoms with Crippen LogP contribution in [0.5, 0.6) is 11.5 Å². The standard InChI is InChI=1S/C15H14O3.H2/c1-10-3-5-11(6-4-10)15(17)13-8-7-12(18-2)9-14(13)16;/h3-9,16H,1-2H3;1H. The molecule has 0 aromatic heterocycles. The Morgan fingerprint density at radius 3 is 2.39 bits per heavy atom. The highest BCUT2D eigenvalue weighted by atomic mass is 16.5. The monoisotopic (exact) mass is 244 g/mol. The summed E-state index contributed by atoms with van der Waals surface area (Å²) in [5, 5.41) is 9.81. The zero-order valence-electron chi connectivity index (χ0n) is 10.3. The molecular weight excluding hydrogens is 228 g/mol. The number of ketones is 1. The lowest BCUT2D eigenvalue weighted by Gasteiger charge is -2.06. The van der Waals surface area contributed by atoms with Gasteiger partial charge in [-0.15, -0.1) is 0 Å². The van der Waals surface area contributed by atoms with E-state index in [1.165, 1.54) is 13.2 Å². The minimum absolute atomic E-state index is 0. The molecule has 0 fully saturated rings. The van der Waals surface area contributed by atoms with E-state index in [4.69, 9.17) is 4.74 Å². The van der Waals surface area contributed by atoms with Gasteiger partial charge in [0.05, 0.1) is 12.7 Å². The van der Waals surface area contributed by atoms with Crippen LogP contribution in [0, 0.1) is 6.92 Å². The summed E-state index contributed by atoms with van der Waals surface area (Å²) in [5.74, 6) is 0.253. The lowest BCUT2D eigenvalue weighted by molar-refractivity contribution is 0.103. The molecule has 0 heterocycles. The Balaban J connectivity index is 0.00000180. The summed E-state index contributed by atoms with van der Waals surface area (Å²) in [6.45, 7) is 1.96. The minimum atomic E-state index is -0.199. The summed E-state index contributed by atoms with van der Waals surface area (Å²) in [4.78, 5) is 12.2. The van der Waals surface area contributed by atoms with Crippen molar-refractivity contribution in [3.63, 3.8) is 0 Å². The first-order valence-electron chi connectivity index (χ1n) is 5.60. The molecule has 0 aliphatic rings. The topological polar surface area (TPSA) is 46.5 Å². The summed E-state index contributed by atoms with van der Waals surface area (Å²) in [7, 11) is 1.51. The van der Waals surface area contributed by atoms with Gasteiger partial charge in [0.2, 0.25) is 0 Å². The van der Waals surface area contributed by atoms with E-state index in [9.17, 15) is 9.90 Å². The van der Waals surface area contributed by atoms with E-state index in [0.717, 1.165) is 5.56 Å². The third-order valence-corrected chi connectivity index (χ3v) is 2.76. The molecule has 3 nitrogen and oxygen atoms in total. The second kappa shape index (κ2) is 4.92. The summed E-state index contributed by atoms with van der Waals surface area (Å²) in [6.07, 6.45) is 0. The Morgan fingerprint density at radius 1 is 1.17 bits per heavy atom. The Morgan fingerprint density at radius 2 is 1.83 bits per heavy atom. The van der Waals surface area contributed by atoms with E-state index < -0.39 is 0 Å². The maximum absolute atomic E-state index is 12.2. The van der Waals surface area contributed by atoms with Crippen molar-refractivity contribution < 1.29 is 16.1 Å². The van der Waals surface area contributed by atoms with Crippen LogP contribution < -0.4 is 4.74 Å². The largest absolute Gasteiger partial charge is 0.507 e. The molecule has 2 rings (SSSR count). The molecule has 0 atom stereocenters. The van der Waals surface area contributed by atoms with Crippen LogP contribution in [0.15, 0.2) is 42.5 Å². The number of carbonyl (C=O) groups is 1. The van der Waals surface area contributed by atoms with Crippen LogP contribution in [-0.4, -0.2) is 18.0 Å². The van der Waals surface area contributed by atoms with E-state index in [1.807, 2.05) is 19.1 Å². The molecule has 0 unspecified atom stereocenters. The van der Waals surface area contributed by atoms with Crippen LogP contribution >= 0.6 is 0 Å². The highest BCUT2D eigenvalue weighted by Crippen LogP contribution is 2.25. The van der Waals surface area contributed by atoms with Gasteiger partial charge < -0.3 is 9.84 Å². The van der Waals surface area contributed by atoms with Crippen molar-refractivity contribution in [3.05, 3.63) is 59.2 Å². The number of hydrogen-bond acceptors (Lipinski definition) is 3. The molecule has 18 heavy (non-hydrogen) atoms. The molecule has 0 saturated carbocycles. The van der Waals surface area contributed by atoms with Crippen LogP contribution in [-0.2, 0) is 0 Å². The molecule has 0 amide bonds. The first-order chi connectivity index (χ1) is 8.61. The van der Waals surface area contributed by atoms with E-state index in [1.54, 1.807) is 24.3 Å². The van der Waals surface area contributed by atoms with Crippen molar-refractivity contribution in [3.8, 4) is 11.5 Å². The first-order valence-corrected chi connectivity index (χ1v) is 5.60. The second-order valence-corrected chi connectivity index (χ2v) is 4.08. The minimum Gasteiger partial charge on any atom is -0.507 e. The fourth-order valence-corrected chi connectivity index (χ4v) is 1.69. The lowest BCUT2D eigenvalue weighted by Crippen LogP contribution is -2.01. The molecule has 94 valence electrons. The quantitative estimate of drug-likeness (QED) is 0.843. The van der Waals surface area contributed by atoms with Gasteiger partial charge in [0, 0.05) is 13.1 Å². The Bertz CT molecular complexity index is 576. The smallest absolute Gasteiger partial charge is 0.196 e. The molecule has 0 saturated heterocycles. The van der Waals surface area contributed by atoms with Crippen molar-refractivity contribution in [2.24, 2.45) is 0 Å². The third-order valence-electron chi connectivity index (χ3n) is 2.76. The molecule has 2 aromatic carbocycles. The first kappa shape index (κ1) is 12.2. The van der Waals surface area contributed by atoms with Gasteiger partial charge in [-0.25, -0.2) is 0 Å². The number of carbonyl (C=O) groups excluding carboxylic acids is 1. The number of aromatic hydroxyl groups is 1. The Hall–Kier alpha value is -2.29. The molecule has 0 spiro atoms. The predicted octanol–water partition coefficient (Wildman–Crippen LogP) is 3.19. The van der Waals surface area contributed by atoms with Crippen molar-refractivity contribution in [1.29, 1.82) is 0 Å². The van der Waals surface area contributed by atoms with Crippen LogP contribution in [0.3, 0.4) is 0 Å². The molecule has 0 aliphatic carbocycles. The van der Waals surface area contributed by atoms with E-state index in [0.29, 0.717) is 11.3 Å². The highest BCUT2D eigenvalue weighted by molar-refractivity contribution is 6.10. The number of ether oxygens (including phenoxy) is 1. The Kier molecular flexibility index (Phi) is 3.33. The molecule has 0 aliphatic heterocycles. The van der Waals surface area contributed by atoms with Gasteiger partial charge in [0.25, 0.3) is 0 Å². The van der Waals surface area contributed by atoms with Gasteiger partial charge in [0.15, 0.2) is 5.78 Å². The van der Waals surface area contributed by atoms with Crippen LogP contribution in [0.1, 0.15) is 22.9 Å². The number of methoxy groups -OCH3 is 1. The molecule has 2 aromatic rings. The number of aryl methyl sites for hydroxylation is 1. The molecular formula is C15H16O3. The number of rotatable bonds is 3. The second-order valence-electron chi connectivity index (χ2n) is 4.08. The lowest BCUT2D eigenvalue weighted by atomic mass is 10.0. The van der Waals surface area contributed by atoms with Gasteiger partial charge in [-0.2, -0.15) is 0 Å². The van der Waals surface area contributed by atoms with Gasteiger partial charge in [0.1, 0.15) is 11.5 Å². The number of benzene rings is 2. The fourth-order valence-electron chi connectivity index (χ4n) is 1.69. The average molecular weight is 244 g/mol. The van der Waals surface area contributed by atoms with Crippen LogP contribution in [0.2, 0.25) is 0 Å². The maximum atomic E-state index is 12.2. The number of phenols is 1. The average Bonchev–Trinajstić information content (AvgIpc) is 2.38. The molecule has 0 bridgehead atoms. The van der Waals surface area contributed by atoms with Crippen molar-refractivity contribution in [2.75, 3.05) is 7.11 Å². The maximum Gasteiger partial charge on any atom is 0.196 e. The number of phenolic OH excluding ortho intramolecular Hbond substituents is 1. The fraction of sp³-hybridized carbons (Fsp3) is 0.133. The predicted molar refractivity (Wildman–Crippen MR) is 71.4 cm³/mol. The van der Waals surface area contributed by atoms with Gasteiger partial charge in [-0.3, -0.25) is 4.79 Å². The van der Waals surface area contributed by atoms with Gasteiger partial charge in [-0.1, -0.05) is 29.8 Å². The zero-order chi connectivity index (χ0) is 13.1. The van der Waals surface area contributed by atoms with Crippen molar-refractivity contribution >= 4 is 5.78 Å². The van der Waals surface area contributed by atoms with E-state index >= 15 is 0 Å². The van der Waals surface area contributed by atoms with E-state index in [-0.39, 0.29) is 18.5 Å². The molecule has 3 heteroatoms. The normalized spacial score (nSPS) is 10.1. The Labute approximate surface area is 107 Å². The van der Waals surface area contributed by atoms with Crippen LogP contribution in [0.25, 0.3) is 0 Å². The summed E-state index contributed by atoms with van der Waals surface area (Å²) >= 11 is 0. The SMILES string of the molecule is COc1ccc(C(=O)c2ccc(C)cc2)c(O)c1.[HH]. The van der Waals surface area contributed by atoms with Gasteiger partial charge in [-0.05, 0) is 19.1 Å². The van der Waals surface area contributed by atoms with Crippen LogP contribution in [0.4, 0.5) is 0 Å². The molecule has 1 N–H and O–H groups in total. The number of hydrogen-bond donors (Lipinski definition) is 1. The summed E-state index contributed by atoms with van der Waals surface area (Å²) in [5.41, 5.74) is 1.92. The van der Waals surface area contributed by atoms with Crippen molar-refractivity contribution in [1.82, 2.24) is 0 Å². The van der Waals surface area contributed by atoms with E-state index in [2.05, 4.69) is 0 Å². The summed E-state index contributed by atoms with van der Waals surface area (Å²) < 4.78 is 4.98. The summed E-state index contributed by atoms with van der Waals surface area (Å²) in [6, 6.07) is 11.9. The van der Waals surface area contributed by atoms with Gasteiger partial charge >= 0.3 is 0 Å².